The molecule has 0 saturated heterocycles. The number of methoxy groups -OCH3 is 1. The average molecular weight is 245 g/mol. The molecule has 1 rings (SSSR count). The minimum Gasteiger partial charge on any atom is -0.504 e. The Bertz CT molecular complexity index is 429. The molecule has 0 aromatic heterocycles. The number of benzene rings is 1. The monoisotopic (exact) mass is 244 g/mol. The summed E-state index contributed by atoms with van der Waals surface area (Å²) in [6.45, 7) is 0. The lowest BCUT2D eigenvalue weighted by Crippen LogP contribution is -1.96. The van der Waals surface area contributed by atoms with Crippen molar-refractivity contribution in [3.8, 4) is 5.75 Å². The molecular weight excluding hydrogens is 235 g/mol. The number of aromatic hydroxyl groups is 1. The van der Waals surface area contributed by atoms with Crippen molar-refractivity contribution in [3.05, 3.63) is 34.6 Å². The Kier molecular flexibility index (Phi) is 4.31. The molecule has 0 aliphatic heterocycles. The van der Waals surface area contributed by atoms with E-state index in [1.807, 2.05) is 0 Å². The van der Waals surface area contributed by atoms with E-state index in [1.54, 1.807) is 0 Å². The second-order valence-electron chi connectivity index (χ2n) is 3.01. The number of phenols is 1. The van der Waals surface area contributed by atoms with Gasteiger partial charge >= 0.3 is 5.97 Å². The number of esters is 1. The third kappa shape index (κ3) is 3.24. The van der Waals surface area contributed by atoms with E-state index in [0.29, 0.717) is 0 Å². The molecule has 0 aliphatic carbocycles. The van der Waals surface area contributed by atoms with Gasteiger partial charge in [-0.05, 0) is 12.1 Å². The Morgan fingerprint density at radius 1 is 1.62 bits per heavy atom. The van der Waals surface area contributed by atoms with Crippen LogP contribution in [-0.2, 0) is 9.53 Å². The van der Waals surface area contributed by atoms with Crippen molar-refractivity contribution in [1.82, 2.24) is 0 Å². The molecule has 1 aromatic carbocycles. The van der Waals surface area contributed by atoms with Gasteiger partial charge in [0.25, 0.3) is 0 Å². The summed E-state index contributed by atoms with van der Waals surface area (Å²) >= 11 is 5.61. The summed E-state index contributed by atoms with van der Waals surface area (Å²) in [4.78, 5) is 10.8. The van der Waals surface area contributed by atoms with Crippen molar-refractivity contribution in [3.63, 3.8) is 0 Å². The number of carbonyl (C=O) groups is 1. The van der Waals surface area contributed by atoms with E-state index in [9.17, 15) is 14.3 Å². The maximum absolute atomic E-state index is 13.0. The molecule has 3 nitrogen and oxygen atoms in total. The summed E-state index contributed by atoms with van der Waals surface area (Å²) < 4.78 is 17.4. The van der Waals surface area contributed by atoms with Crippen molar-refractivity contribution in [2.45, 2.75) is 6.42 Å². The molecule has 0 saturated carbocycles. The lowest BCUT2D eigenvalue weighted by atomic mass is 10.1. The molecule has 0 aliphatic rings. The highest BCUT2D eigenvalue weighted by Gasteiger charge is 2.06. The largest absolute Gasteiger partial charge is 0.504 e. The van der Waals surface area contributed by atoms with Gasteiger partial charge in [0.1, 0.15) is 0 Å². The number of rotatable bonds is 3. The van der Waals surface area contributed by atoms with Crippen LogP contribution in [0, 0.1) is 5.82 Å². The lowest BCUT2D eigenvalue weighted by molar-refractivity contribution is -0.139. The third-order valence-corrected chi connectivity index (χ3v) is 2.09. The van der Waals surface area contributed by atoms with Crippen molar-refractivity contribution in [2.75, 3.05) is 7.11 Å². The molecule has 0 unspecified atom stereocenters. The van der Waals surface area contributed by atoms with E-state index in [0.717, 1.165) is 6.07 Å². The molecule has 1 N–H and O–H groups in total. The molecule has 0 atom stereocenters. The Hall–Kier alpha value is -1.55. The zero-order valence-electron chi connectivity index (χ0n) is 8.54. The zero-order chi connectivity index (χ0) is 12.1. The fourth-order valence-corrected chi connectivity index (χ4v) is 1.29. The van der Waals surface area contributed by atoms with Gasteiger partial charge in [0.15, 0.2) is 11.6 Å². The number of ether oxygens (including phenoxy) is 1. The van der Waals surface area contributed by atoms with Gasteiger partial charge in [-0.15, -0.1) is 0 Å². The summed E-state index contributed by atoms with van der Waals surface area (Å²) in [5.41, 5.74) is 0.217. The second-order valence-corrected chi connectivity index (χ2v) is 3.44. The number of phenolic OH excluding ortho intramolecular Hbond substituents is 1. The van der Waals surface area contributed by atoms with Gasteiger partial charge in [-0.25, -0.2) is 4.39 Å². The van der Waals surface area contributed by atoms with Crippen LogP contribution in [0.3, 0.4) is 0 Å². The second kappa shape index (κ2) is 5.51. The van der Waals surface area contributed by atoms with E-state index in [2.05, 4.69) is 4.74 Å². The summed E-state index contributed by atoms with van der Waals surface area (Å²) in [6.07, 6.45) is 2.90. The van der Waals surface area contributed by atoms with E-state index >= 15 is 0 Å². The molecule has 0 radical (unpaired) electrons. The predicted octanol–water partition coefficient (Wildman–Crippen LogP) is 2.76. The Labute approximate surface area is 97.1 Å². The van der Waals surface area contributed by atoms with E-state index in [-0.39, 0.29) is 17.0 Å². The minimum absolute atomic E-state index is 0.0457. The van der Waals surface area contributed by atoms with Crippen molar-refractivity contribution >= 4 is 23.6 Å². The van der Waals surface area contributed by atoms with Gasteiger partial charge in [0, 0.05) is 10.6 Å². The Balaban J connectivity index is 2.85. The van der Waals surface area contributed by atoms with E-state index in [1.165, 1.54) is 25.3 Å². The van der Waals surface area contributed by atoms with Crippen LogP contribution in [0.25, 0.3) is 6.08 Å². The number of carbonyl (C=O) groups excluding carboxylic acids is 1. The van der Waals surface area contributed by atoms with Gasteiger partial charge in [0.2, 0.25) is 0 Å². The van der Waals surface area contributed by atoms with Crippen LogP contribution in [0.5, 0.6) is 5.75 Å². The molecular formula is C11H10ClFO3. The number of hydrogen-bond donors (Lipinski definition) is 1. The highest BCUT2D eigenvalue weighted by Crippen LogP contribution is 2.26. The van der Waals surface area contributed by atoms with Crippen LogP contribution in [0.4, 0.5) is 4.39 Å². The van der Waals surface area contributed by atoms with Crippen molar-refractivity contribution in [1.29, 1.82) is 0 Å². The van der Waals surface area contributed by atoms with Gasteiger partial charge in [-0.2, -0.15) is 0 Å². The van der Waals surface area contributed by atoms with Crippen molar-refractivity contribution < 1.29 is 19.0 Å². The van der Waals surface area contributed by atoms with Crippen LogP contribution in [0.15, 0.2) is 18.2 Å². The number of hydrogen-bond acceptors (Lipinski definition) is 3. The Morgan fingerprint density at radius 2 is 2.31 bits per heavy atom. The van der Waals surface area contributed by atoms with Crippen LogP contribution >= 0.6 is 11.6 Å². The van der Waals surface area contributed by atoms with Crippen LogP contribution in [-0.4, -0.2) is 18.2 Å². The van der Waals surface area contributed by atoms with Crippen LogP contribution in [0.2, 0.25) is 5.02 Å². The minimum atomic E-state index is -0.801. The molecule has 5 heteroatoms. The maximum atomic E-state index is 13.0. The fourth-order valence-electron chi connectivity index (χ4n) is 1.08. The maximum Gasteiger partial charge on any atom is 0.309 e. The summed E-state index contributed by atoms with van der Waals surface area (Å²) in [7, 11) is 1.27. The normalized spacial score (nSPS) is 10.7. The first-order valence-corrected chi connectivity index (χ1v) is 4.83. The average Bonchev–Trinajstić information content (AvgIpc) is 2.24. The molecule has 0 fully saturated rings. The molecule has 0 amide bonds. The predicted molar refractivity (Wildman–Crippen MR) is 58.7 cm³/mol. The topological polar surface area (TPSA) is 46.5 Å². The first kappa shape index (κ1) is 12.5. The lowest BCUT2D eigenvalue weighted by Gasteiger charge is -2.01. The summed E-state index contributed by atoms with van der Waals surface area (Å²) in [5, 5.41) is 9.52. The molecule has 1 aromatic rings. The van der Waals surface area contributed by atoms with E-state index < -0.39 is 17.5 Å². The molecule has 0 spiro atoms. The first-order chi connectivity index (χ1) is 7.54. The van der Waals surface area contributed by atoms with Crippen LogP contribution < -0.4 is 0 Å². The third-order valence-electron chi connectivity index (χ3n) is 1.87. The number of halogens is 2. The van der Waals surface area contributed by atoms with Crippen LogP contribution in [0.1, 0.15) is 12.0 Å². The van der Waals surface area contributed by atoms with Crippen molar-refractivity contribution in [2.24, 2.45) is 0 Å². The summed E-state index contributed by atoms with van der Waals surface area (Å²) in [6, 6.07) is 2.41. The fraction of sp³-hybridized carbons (Fsp3) is 0.182. The standard InChI is InChI=1S/C11H10ClFO3/c1-16-10(14)4-2-3-7-5-8(12)6-9(13)11(7)15/h2-3,5-6,15H,4H2,1H3. The summed E-state index contributed by atoms with van der Waals surface area (Å²) in [5.74, 6) is -1.71. The van der Waals surface area contributed by atoms with Gasteiger partial charge in [0.05, 0.1) is 13.5 Å². The highest BCUT2D eigenvalue weighted by atomic mass is 35.5. The smallest absolute Gasteiger partial charge is 0.309 e. The molecule has 0 bridgehead atoms. The molecule has 0 heterocycles. The molecule has 16 heavy (non-hydrogen) atoms. The van der Waals surface area contributed by atoms with Gasteiger partial charge in [-0.1, -0.05) is 23.8 Å². The first-order valence-electron chi connectivity index (χ1n) is 4.46. The zero-order valence-corrected chi connectivity index (χ0v) is 9.29. The SMILES string of the molecule is COC(=O)CC=Cc1cc(Cl)cc(F)c1O. The molecule has 86 valence electrons. The highest BCUT2D eigenvalue weighted by molar-refractivity contribution is 6.30. The van der Waals surface area contributed by atoms with Gasteiger partial charge in [-0.3, -0.25) is 4.79 Å². The quantitative estimate of drug-likeness (QED) is 0.832. The van der Waals surface area contributed by atoms with Gasteiger partial charge < -0.3 is 9.84 Å². The Morgan fingerprint density at radius 3 is 2.94 bits per heavy atom. The van der Waals surface area contributed by atoms with E-state index in [4.69, 9.17) is 11.6 Å².